The molecule has 3 rings (SSSR count). The first-order chi connectivity index (χ1) is 17.8. The summed E-state index contributed by atoms with van der Waals surface area (Å²) in [6, 6.07) is 12.5. The van der Waals surface area contributed by atoms with Crippen molar-refractivity contribution >= 4 is 23.8 Å². The van der Waals surface area contributed by atoms with Gasteiger partial charge in [0.2, 0.25) is 5.75 Å². The first kappa shape index (κ1) is 26.9. The van der Waals surface area contributed by atoms with E-state index >= 15 is 0 Å². The molecule has 3 aromatic rings. The fourth-order valence-corrected chi connectivity index (χ4v) is 3.47. The Morgan fingerprint density at radius 3 is 1.97 bits per heavy atom. The Kier molecular flexibility index (Phi) is 8.93. The maximum absolute atomic E-state index is 12.4. The average molecular weight is 510 g/mol. The molecule has 0 saturated heterocycles. The highest BCUT2D eigenvalue weighted by Crippen LogP contribution is 2.39. The summed E-state index contributed by atoms with van der Waals surface area (Å²) in [7, 11) is 6.07. The Labute approximate surface area is 214 Å². The third-order valence-corrected chi connectivity index (χ3v) is 5.23. The lowest BCUT2D eigenvalue weighted by molar-refractivity contribution is -0.384. The predicted octanol–water partition coefficient (Wildman–Crippen LogP) is 5.77. The monoisotopic (exact) mass is 509 g/mol. The molecule has 0 radical (unpaired) electrons. The Morgan fingerprint density at radius 1 is 0.784 bits per heavy atom. The van der Waals surface area contributed by atoms with Crippen LogP contribution in [0.3, 0.4) is 0 Å². The van der Waals surface area contributed by atoms with Gasteiger partial charge in [-0.15, -0.1) is 0 Å². The van der Waals surface area contributed by atoms with Crippen molar-refractivity contribution in [2.75, 3.05) is 35.0 Å². The number of hydrogen-bond acceptors (Lipinski definition) is 9. The number of nitro benzene ring substituents is 1. The molecular weight excluding hydrogens is 482 g/mol. The first-order valence-corrected chi connectivity index (χ1v) is 11.1. The van der Waals surface area contributed by atoms with E-state index in [-0.39, 0.29) is 29.4 Å². The summed E-state index contributed by atoms with van der Waals surface area (Å²) < 4.78 is 32.6. The Hall–Kier alpha value is -4.73. The normalized spacial score (nSPS) is 10.6. The van der Waals surface area contributed by atoms with Gasteiger partial charge in [0.1, 0.15) is 11.3 Å². The quantitative estimate of drug-likeness (QED) is 0.137. The maximum Gasteiger partial charge on any atom is 0.341 e. The fraction of sp³-hybridized carbons (Fsp3) is 0.222. The van der Waals surface area contributed by atoms with E-state index in [1.807, 2.05) is 12.2 Å². The van der Waals surface area contributed by atoms with E-state index in [0.717, 1.165) is 11.1 Å². The number of nitrogens with zero attached hydrogens (tertiary/aromatic N) is 1. The molecule has 10 heteroatoms. The summed E-state index contributed by atoms with van der Waals surface area (Å²) in [6.45, 7) is 1.80. The minimum Gasteiger partial charge on any atom is -0.493 e. The molecule has 0 heterocycles. The van der Waals surface area contributed by atoms with Crippen LogP contribution in [0.25, 0.3) is 12.2 Å². The smallest absolute Gasteiger partial charge is 0.341 e. The molecule has 0 fully saturated rings. The number of non-ortho nitro benzene ring substituents is 1. The van der Waals surface area contributed by atoms with Gasteiger partial charge in [0.05, 0.1) is 46.0 Å². The van der Waals surface area contributed by atoms with E-state index in [0.29, 0.717) is 23.0 Å². The van der Waals surface area contributed by atoms with Crippen LogP contribution in [0.1, 0.15) is 28.4 Å². The van der Waals surface area contributed by atoms with Gasteiger partial charge in [-0.3, -0.25) is 10.1 Å². The van der Waals surface area contributed by atoms with Gasteiger partial charge in [0.15, 0.2) is 23.0 Å². The first-order valence-electron chi connectivity index (χ1n) is 11.1. The Bertz CT molecular complexity index is 1290. The molecule has 0 spiro atoms. The molecule has 0 atom stereocenters. The number of benzene rings is 3. The highest BCUT2D eigenvalue weighted by molar-refractivity contribution is 5.93. The molecular formula is C27H27NO9. The van der Waals surface area contributed by atoms with E-state index < -0.39 is 10.9 Å². The van der Waals surface area contributed by atoms with Gasteiger partial charge in [-0.1, -0.05) is 18.2 Å². The molecule has 0 aliphatic heterocycles. The van der Waals surface area contributed by atoms with Crippen LogP contribution in [-0.2, 0) is 4.74 Å². The van der Waals surface area contributed by atoms with E-state index in [2.05, 4.69) is 0 Å². The van der Waals surface area contributed by atoms with Crippen molar-refractivity contribution in [2.45, 2.75) is 6.92 Å². The summed E-state index contributed by atoms with van der Waals surface area (Å²) in [5.41, 5.74) is 1.33. The van der Waals surface area contributed by atoms with Crippen LogP contribution in [0.4, 0.5) is 5.69 Å². The zero-order chi connectivity index (χ0) is 26.9. The minimum atomic E-state index is -0.662. The van der Waals surface area contributed by atoms with E-state index in [4.69, 9.17) is 28.4 Å². The molecule has 194 valence electrons. The number of carbonyl (C=O) groups is 1. The van der Waals surface area contributed by atoms with Crippen LogP contribution in [0.15, 0.2) is 48.5 Å². The van der Waals surface area contributed by atoms with Crippen molar-refractivity contribution in [1.29, 1.82) is 0 Å². The lowest BCUT2D eigenvalue weighted by Gasteiger charge is -2.14. The third-order valence-electron chi connectivity index (χ3n) is 5.23. The molecule has 37 heavy (non-hydrogen) atoms. The van der Waals surface area contributed by atoms with Gasteiger partial charge in [0, 0.05) is 6.07 Å². The highest BCUT2D eigenvalue weighted by atomic mass is 16.6. The van der Waals surface area contributed by atoms with Crippen LogP contribution >= 0.6 is 0 Å². The van der Waals surface area contributed by atoms with Crippen LogP contribution in [0.2, 0.25) is 0 Å². The average Bonchev–Trinajstić information content (AvgIpc) is 2.91. The van der Waals surface area contributed by atoms with Crippen LogP contribution in [0.5, 0.6) is 34.5 Å². The molecule has 0 bridgehead atoms. The molecule has 0 unspecified atom stereocenters. The van der Waals surface area contributed by atoms with Crippen LogP contribution < -0.4 is 23.7 Å². The standard InChI is InChI=1S/C27H27NO9/c1-6-36-27(29)20-11-10-19(28(30)31)16-22(20)37-23-13-17(9-12-21(23)32-2)7-8-18-14-24(33-3)26(35-5)25(15-18)34-4/h7-16H,6H2,1-5H3/b8-7-. The number of esters is 1. The summed E-state index contributed by atoms with van der Waals surface area (Å²) in [5, 5.41) is 11.3. The lowest BCUT2D eigenvalue weighted by atomic mass is 10.1. The van der Waals surface area contributed by atoms with Gasteiger partial charge in [-0.05, 0) is 48.4 Å². The highest BCUT2D eigenvalue weighted by Gasteiger charge is 2.20. The predicted molar refractivity (Wildman–Crippen MR) is 137 cm³/mol. The number of ether oxygens (including phenoxy) is 6. The van der Waals surface area contributed by atoms with Gasteiger partial charge in [0.25, 0.3) is 5.69 Å². The molecule has 0 saturated carbocycles. The minimum absolute atomic E-state index is 0.0308. The van der Waals surface area contributed by atoms with Crippen molar-refractivity contribution in [3.8, 4) is 34.5 Å². The van der Waals surface area contributed by atoms with Crippen molar-refractivity contribution in [2.24, 2.45) is 0 Å². The van der Waals surface area contributed by atoms with Crippen molar-refractivity contribution in [1.82, 2.24) is 0 Å². The van der Waals surface area contributed by atoms with Gasteiger partial charge in [-0.25, -0.2) is 4.79 Å². The second kappa shape index (κ2) is 12.3. The van der Waals surface area contributed by atoms with E-state index in [9.17, 15) is 14.9 Å². The maximum atomic E-state index is 12.4. The second-order valence-electron chi connectivity index (χ2n) is 7.46. The van der Waals surface area contributed by atoms with Crippen LogP contribution in [0, 0.1) is 10.1 Å². The van der Waals surface area contributed by atoms with Crippen LogP contribution in [-0.4, -0.2) is 45.9 Å². The van der Waals surface area contributed by atoms with Crippen molar-refractivity contribution in [3.05, 3.63) is 75.3 Å². The Balaban J connectivity index is 2.00. The number of hydrogen-bond donors (Lipinski definition) is 0. The topological polar surface area (TPSA) is 116 Å². The zero-order valence-electron chi connectivity index (χ0n) is 21.1. The van der Waals surface area contributed by atoms with E-state index in [1.54, 1.807) is 37.3 Å². The van der Waals surface area contributed by atoms with Gasteiger partial charge in [-0.2, -0.15) is 0 Å². The van der Waals surface area contributed by atoms with E-state index in [1.165, 1.54) is 46.6 Å². The summed E-state index contributed by atoms with van der Waals surface area (Å²) in [6.07, 6.45) is 3.67. The second-order valence-corrected chi connectivity index (χ2v) is 7.46. The molecule has 10 nitrogen and oxygen atoms in total. The van der Waals surface area contributed by atoms with Crippen molar-refractivity contribution < 1.29 is 38.1 Å². The molecule has 0 aromatic heterocycles. The Morgan fingerprint density at radius 2 is 1.41 bits per heavy atom. The third kappa shape index (κ3) is 6.29. The summed E-state index contributed by atoms with van der Waals surface area (Å²) >= 11 is 0. The number of methoxy groups -OCH3 is 4. The lowest BCUT2D eigenvalue weighted by Crippen LogP contribution is -2.07. The molecule has 0 amide bonds. The summed E-state index contributed by atoms with van der Waals surface area (Å²) in [4.78, 5) is 23.2. The van der Waals surface area contributed by atoms with Gasteiger partial charge >= 0.3 is 5.97 Å². The molecule has 0 N–H and O–H groups in total. The molecule has 0 aliphatic rings. The summed E-state index contributed by atoms with van der Waals surface area (Å²) in [5.74, 6) is 1.43. The fourth-order valence-electron chi connectivity index (χ4n) is 3.47. The molecule has 0 aliphatic carbocycles. The van der Waals surface area contributed by atoms with Crippen molar-refractivity contribution in [3.63, 3.8) is 0 Å². The zero-order valence-corrected chi connectivity index (χ0v) is 21.1. The van der Waals surface area contributed by atoms with Gasteiger partial charge < -0.3 is 28.4 Å². The largest absolute Gasteiger partial charge is 0.493 e. The number of rotatable bonds is 11. The number of carbonyl (C=O) groups excluding carboxylic acids is 1. The molecule has 3 aromatic carbocycles. The number of nitro groups is 1. The SMILES string of the molecule is CCOC(=O)c1ccc([N+](=O)[O-])cc1Oc1cc(/C=C\c2cc(OC)c(OC)c(OC)c2)ccc1OC.